The predicted octanol–water partition coefficient (Wildman–Crippen LogP) is 2.77. The number of carbonyl (C=O) groups is 1. The van der Waals surface area contributed by atoms with E-state index >= 15 is 0 Å². The number of rotatable bonds is 3. The van der Waals surface area contributed by atoms with Gasteiger partial charge in [-0.2, -0.15) is 0 Å². The number of para-hydroxylation sites is 1. The first kappa shape index (κ1) is 11.5. The summed E-state index contributed by atoms with van der Waals surface area (Å²) in [4.78, 5) is 11.9. The van der Waals surface area contributed by atoms with E-state index < -0.39 is 0 Å². The van der Waals surface area contributed by atoms with Gasteiger partial charge < -0.3 is 10.6 Å². The van der Waals surface area contributed by atoms with Gasteiger partial charge in [-0.25, -0.2) is 0 Å². The van der Waals surface area contributed by atoms with Crippen molar-refractivity contribution in [3.05, 3.63) is 71.9 Å². The Kier molecular flexibility index (Phi) is 3.02. The summed E-state index contributed by atoms with van der Waals surface area (Å²) in [6.07, 6.45) is 1.79. The summed E-state index contributed by atoms with van der Waals surface area (Å²) < 4.78 is 0. The van der Waals surface area contributed by atoms with Crippen LogP contribution in [0.3, 0.4) is 0 Å². The predicted molar refractivity (Wildman–Crippen MR) is 76.3 cm³/mol. The number of carbonyl (C=O) groups excluding carboxylic acids is 1. The van der Waals surface area contributed by atoms with Crippen LogP contribution in [-0.2, 0) is 11.3 Å². The SMILES string of the molecule is O=C1Nc2ccccc2/C1=C/NCc1ccccc1. The molecule has 1 amide bonds. The summed E-state index contributed by atoms with van der Waals surface area (Å²) in [6.45, 7) is 0.708. The molecular formula is C16H14N2O. The average molecular weight is 250 g/mol. The van der Waals surface area contributed by atoms with Crippen molar-refractivity contribution >= 4 is 17.2 Å². The summed E-state index contributed by atoms with van der Waals surface area (Å²) in [7, 11) is 0. The summed E-state index contributed by atoms with van der Waals surface area (Å²) >= 11 is 0. The van der Waals surface area contributed by atoms with Gasteiger partial charge in [-0.1, -0.05) is 48.5 Å². The van der Waals surface area contributed by atoms with Crippen molar-refractivity contribution in [3.8, 4) is 0 Å². The molecule has 94 valence electrons. The molecule has 0 bridgehead atoms. The lowest BCUT2D eigenvalue weighted by Gasteiger charge is -2.02. The molecule has 0 aliphatic carbocycles. The second-order valence-corrected chi connectivity index (χ2v) is 4.42. The third-order valence-corrected chi connectivity index (χ3v) is 3.11. The summed E-state index contributed by atoms with van der Waals surface area (Å²) in [5.74, 6) is -0.0539. The highest BCUT2D eigenvalue weighted by molar-refractivity contribution is 6.31. The van der Waals surface area contributed by atoms with Crippen LogP contribution in [0.4, 0.5) is 5.69 Å². The normalized spacial score (nSPS) is 15.2. The van der Waals surface area contributed by atoms with Crippen LogP contribution in [0.15, 0.2) is 60.8 Å². The zero-order chi connectivity index (χ0) is 13.1. The van der Waals surface area contributed by atoms with Gasteiger partial charge in [-0.15, -0.1) is 0 Å². The molecule has 1 aliphatic rings. The molecule has 0 fully saturated rings. The zero-order valence-corrected chi connectivity index (χ0v) is 10.4. The van der Waals surface area contributed by atoms with Crippen molar-refractivity contribution < 1.29 is 4.79 Å². The number of benzene rings is 2. The topological polar surface area (TPSA) is 41.1 Å². The summed E-state index contributed by atoms with van der Waals surface area (Å²) in [5.41, 5.74) is 3.70. The highest BCUT2D eigenvalue weighted by atomic mass is 16.2. The van der Waals surface area contributed by atoms with Gasteiger partial charge in [0.25, 0.3) is 5.91 Å². The maximum Gasteiger partial charge on any atom is 0.257 e. The van der Waals surface area contributed by atoms with Crippen molar-refractivity contribution in [1.82, 2.24) is 5.32 Å². The number of fused-ring (bicyclic) bond motifs is 1. The van der Waals surface area contributed by atoms with E-state index in [1.807, 2.05) is 54.6 Å². The van der Waals surface area contributed by atoms with Crippen LogP contribution in [-0.4, -0.2) is 5.91 Å². The molecule has 2 N–H and O–H groups in total. The molecule has 0 saturated heterocycles. The molecular weight excluding hydrogens is 236 g/mol. The average Bonchev–Trinajstić information content (AvgIpc) is 2.76. The van der Waals surface area contributed by atoms with E-state index in [9.17, 15) is 4.79 Å². The van der Waals surface area contributed by atoms with E-state index in [2.05, 4.69) is 10.6 Å². The fraction of sp³-hybridized carbons (Fsp3) is 0.0625. The molecule has 3 rings (SSSR count). The second kappa shape index (κ2) is 4.98. The van der Waals surface area contributed by atoms with Crippen LogP contribution in [0.5, 0.6) is 0 Å². The fourth-order valence-electron chi connectivity index (χ4n) is 2.15. The molecule has 1 heterocycles. The van der Waals surface area contributed by atoms with Gasteiger partial charge in [0, 0.05) is 24.0 Å². The Balaban J connectivity index is 1.76. The first-order valence-corrected chi connectivity index (χ1v) is 6.23. The maximum absolute atomic E-state index is 11.9. The summed E-state index contributed by atoms with van der Waals surface area (Å²) in [6, 6.07) is 17.8. The molecule has 0 unspecified atom stereocenters. The molecule has 0 radical (unpaired) electrons. The molecule has 3 heteroatoms. The van der Waals surface area contributed by atoms with Gasteiger partial charge in [-0.3, -0.25) is 4.79 Å². The standard InChI is InChI=1S/C16H14N2O/c19-16-14(13-8-4-5-9-15(13)18-16)11-17-10-12-6-2-1-3-7-12/h1-9,11,17H,10H2,(H,18,19)/b14-11-. The number of amides is 1. The third kappa shape index (κ3) is 2.36. The van der Waals surface area contributed by atoms with Crippen LogP contribution in [0.2, 0.25) is 0 Å². The Morgan fingerprint density at radius 3 is 2.58 bits per heavy atom. The van der Waals surface area contributed by atoms with Gasteiger partial charge in [-0.05, 0) is 11.6 Å². The van der Waals surface area contributed by atoms with Crippen LogP contribution < -0.4 is 10.6 Å². The minimum absolute atomic E-state index is 0.0539. The van der Waals surface area contributed by atoms with Gasteiger partial charge in [0.05, 0.1) is 5.57 Å². The van der Waals surface area contributed by atoms with Crippen molar-refractivity contribution in [1.29, 1.82) is 0 Å². The molecule has 0 atom stereocenters. The van der Waals surface area contributed by atoms with E-state index in [4.69, 9.17) is 0 Å². The smallest absolute Gasteiger partial charge is 0.257 e. The van der Waals surface area contributed by atoms with Crippen molar-refractivity contribution in [2.45, 2.75) is 6.54 Å². The van der Waals surface area contributed by atoms with Crippen molar-refractivity contribution in [2.24, 2.45) is 0 Å². The molecule has 2 aromatic carbocycles. The minimum Gasteiger partial charge on any atom is -0.386 e. The fourth-order valence-corrected chi connectivity index (χ4v) is 2.15. The Hall–Kier alpha value is -2.55. The van der Waals surface area contributed by atoms with Crippen molar-refractivity contribution in [2.75, 3.05) is 5.32 Å². The van der Waals surface area contributed by atoms with Gasteiger partial charge in [0.2, 0.25) is 0 Å². The third-order valence-electron chi connectivity index (χ3n) is 3.11. The first-order valence-electron chi connectivity index (χ1n) is 6.23. The number of hydrogen-bond acceptors (Lipinski definition) is 2. The first-order chi connectivity index (χ1) is 9.34. The van der Waals surface area contributed by atoms with Crippen LogP contribution >= 0.6 is 0 Å². The van der Waals surface area contributed by atoms with E-state index in [0.717, 1.165) is 11.3 Å². The highest BCUT2D eigenvalue weighted by Gasteiger charge is 2.22. The molecule has 2 aromatic rings. The van der Waals surface area contributed by atoms with Gasteiger partial charge >= 0.3 is 0 Å². The van der Waals surface area contributed by atoms with E-state index in [-0.39, 0.29) is 5.91 Å². The van der Waals surface area contributed by atoms with E-state index in [1.54, 1.807) is 6.20 Å². The second-order valence-electron chi connectivity index (χ2n) is 4.42. The Morgan fingerprint density at radius 2 is 1.74 bits per heavy atom. The lowest BCUT2D eigenvalue weighted by atomic mass is 10.1. The van der Waals surface area contributed by atoms with E-state index in [0.29, 0.717) is 12.1 Å². The maximum atomic E-state index is 11.9. The van der Waals surface area contributed by atoms with Gasteiger partial charge in [0.15, 0.2) is 0 Å². The molecule has 0 spiro atoms. The van der Waals surface area contributed by atoms with Gasteiger partial charge in [0.1, 0.15) is 0 Å². The van der Waals surface area contributed by atoms with Crippen LogP contribution in [0, 0.1) is 0 Å². The van der Waals surface area contributed by atoms with Crippen molar-refractivity contribution in [3.63, 3.8) is 0 Å². The lowest BCUT2D eigenvalue weighted by molar-refractivity contribution is -0.110. The molecule has 1 aliphatic heterocycles. The molecule has 19 heavy (non-hydrogen) atoms. The molecule has 3 nitrogen and oxygen atoms in total. The largest absolute Gasteiger partial charge is 0.386 e. The molecule has 0 aromatic heterocycles. The number of anilines is 1. The quantitative estimate of drug-likeness (QED) is 0.822. The van der Waals surface area contributed by atoms with E-state index in [1.165, 1.54) is 5.56 Å². The Morgan fingerprint density at radius 1 is 1.00 bits per heavy atom. The lowest BCUT2D eigenvalue weighted by Crippen LogP contribution is -2.09. The summed E-state index contributed by atoms with van der Waals surface area (Å²) in [5, 5.41) is 6.04. The number of nitrogens with one attached hydrogen (secondary N) is 2. The molecule has 0 saturated carbocycles. The Labute approximate surface area is 112 Å². The monoisotopic (exact) mass is 250 g/mol. The zero-order valence-electron chi connectivity index (χ0n) is 10.4. The highest BCUT2D eigenvalue weighted by Crippen LogP contribution is 2.30. The Bertz CT molecular complexity index is 632. The number of hydrogen-bond donors (Lipinski definition) is 2. The van der Waals surface area contributed by atoms with Crippen LogP contribution in [0.1, 0.15) is 11.1 Å². The minimum atomic E-state index is -0.0539. The van der Waals surface area contributed by atoms with Crippen LogP contribution in [0.25, 0.3) is 5.57 Å².